The van der Waals surface area contributed by atoms with Gasteiger partial charge in [0.1, 0.15) is 5.69 Å². The second kappa shape index (κ2) is 3.32. The number of hydrogen-bond acceptors (Lipinski definition) is 4. The van der Waals surface area contributed by atoms with Crippen LogP contribution in [0.1, 0.15) is 5.56 Å². The molecule has 0 aromatic carbocycles. The van der Waals surface area contributed by atoms with Crippen molar-refractivity contribution in [3.8, 4) is 11.4 Å². The van der Waals surface area contributed by atoms with E-state index in [1.54, 1.807) is 4.57 Å². The van der Waals surface area contributed by atoms with Crippen LogP contribution in [-0.4, -0.2) is 19.1 Å². The maximum absolute atomic E-state index is 8.02. The van der Waals surface area contributed by atoms with Gasteiger partial charge in [0.05, 0.1) is 16.7 Å². The number of anilines is 1. The number of nitrogens with one attached hydrogen (secondary N) is 1. The van der Waals surface area contributed by atoms with Gasteiger partial charge < -0.3 is 14.9 Å². The number of rotatable bonds is 0. The largest absolute Gasteiger partial charge is 0.368 e. The van der Waals surface area contributed by atoms with Crippen LogP contribution < -0.4 is 11.4 Å². The molecule has 0 saturated heterocycles. The number of aromatic nitrogens is 4. The molecule has 3 N–H and O–H groups in total. The number of nitrogen functional groups attached to an aromatic ring is 1. The van der Waals surface area contributed by atoms with Gasteiger partial charge in [0, 0.05) is 14.1 Å². The predicted octanol–water partition coefficient (Wildman–Crippen LogP) is 0.782. The van der Waals surface area contributed by atoms with Crippen molar-refractivity contribution in [2.45, 2.75) is 6.92 Å². The lowest BCUT2D eigenvalue weighted by Crippen LogP contribution is -2.19. The van der Waals surface area contributed by atoms with Crippen molar-refractivity contribution in [1.82, 2.24) is 19.1 Å². The molecule has 0 saturated carbocycles. The van der Waals surface area contributed by atoms with Crippen molar-refractivity contribution in [3.63, 3.8) is 0 Å². The molecule has 0 unspecified atom stereocenters. The summed E-state index contributed by atoms with van der Waals surface area (Å²) in [6.07, 6.45) is 0. The van der Waals surface area contributed by atoms with Crippen molar-refractivity contribution in [2.75, 3.05) is 5.73 Å². The van der Waals surface area contributed by atoms with Crippen LogP contribution in [-0.2, 0) is 14.1 Å². The Hall–Kier alpha value is -2.37. The highest BCUT2D eigenvalue weighted by molar-refractivity contribution is 5.91. The minimum Gasteiger partial charge on any atom is -0.368 e. The third-order valence-corrected chi connectivity index (χ3v) is 3.34. The van der Waals surface area contributed by atoms with Gasteiger partial charge >= 0.3 is 0 Å². The zero-order valence-electron chi connectivity index (χ0n) is 10.5. The molecule has 0 radical (unpaired) electrons. The van der Waals surface area contributed by atoms with Gasteiger partial charge in [0.2, 0.25) is 11.6 Å². The molecular formula is C12H14N6. The Labute approximate surface area is 104 Å². The quantitative estimate of drug-likeness (QED) is 0.611. The molecule has 1 aromatic heterocycles. The van der Waals surface area contributed by atoms with E-state index in [1.165, 1.54) is 0 Å². The maximum atomic E-state index is 8.02. The first-order valence-electron chi connectivity index (χ1n) is 5.63. The van der Waals surface area contributed by atoms with Crippen LogP contribution in [0.4, 0.5) is 5.95 Å². The fraction of sp³-hybridized carbons (Fsp3) is 0.250. The summed E-state index contributed by atoms with van der Waals surface area (Å²) >= 11 is 0. The van der Waals surface area contributed by atoms with E-state index >= 15 is 0 Å². The van der Waals surface area contributed by atoms with Gasteiger partial charge in [-0.1, -0.05) is 6.07 Å². The van der Waals surface area contributed by atoms with Crippen molar-refractivity contribution in [3.05, 3.63) is 23.3 Å². The normalized spacial score (nSPS) is 11.5. The maximum Gasteiger partial charge on any atom is 0.221 e. The van der Waals surface area contributed by atoms with E-state index in [-0.39, 0.29) is 5.95 Å². The Bertz CT molecular complexity index is 795. The predicted molar refractivity (Wildman–Crippen MR) is 69.1 cm³/mol. The molecule has 6 heteroatoms. The molecule has 0 bridgehead atoms. The summed E-state index contributed by atoms with van der Waals surface area (Å²) in [4.78, 5) is 8.57. The van der Waals surface area contributed by atoms with Crippen LogP contribution >= 0.6 is 0 Å². The zero-order valence-corrected chi connectivity index (χ0v) is 10.5. The molecule has 3 rings (SSSR count). The fourth-order valence-electron chi connectivity index (χ4n) is 2.33. The lowest BCUT2D eigenvalue weighted by molar-refractivity contribution is 0.742. The van der Waals surface area contributed by atoms with Gasteiger partial charge in [-0.15, -0.1) is 0 Å². The van der Waals surface area contributed by atoms with Crippen LogP contribution in [0, 0.1) is 12.3 Å². The standard InChI is InChI=1S/C12H14N6/c1-6-4-5-7-10(18(3)12(14)17(7)2)9-8(6)15-11(13)16-9/h4-5,14H,1-3H3,(H2,13,15,16). The van der Waals surface area contributed by atoms with Crippen LogP contribution in [0.2, 0.25) is 0 Å². The second-order valence-electron chi connectivity index (χ2n) is 4.47. The minimum atomic E-state index is 0.274. The number of fused-ring (bicyclic) bond motifs is 3. The molecule has 0 fully saturated rings. The summed E-state index contributed by atoms with van der Waals surface area (Å²) in [5.41, 5.74) is 10.5. The molecule has 1 aromatic rings. The number of aryl methyl sites for hydroxylation is 3. The number of nitrogens with zero attached hydrogens (tertiary/aromatic N) is 4. The van der Waals surface area contributed by atoms with E-state index in [2.05, 4.69) is 9.97 Å². The highest BCUT2D eigenvalue weighted by Crippen LogP contribution is 2.29. The molecule has 92 valence electrons. The molecule has 6 nitrogen and oxygen atoms in total. The molecule has 1 aliphatic carbocycles. The van der Waals surface area contributed by atoms with E-state index in [0.717, 1.165) is 28.0 Å². The Balaban J connectivity index is 2.66. The van der Waals surface area contributed by atoms with E-state index in [1.807, 2.05) is 37.7 Å². The second-order valence-corrected chi connectivity index (χ2v) is 4.47. The third kappa shape index (κ3) is 1.20. The molecule has 0 atom stereocenters. The Kier molecular flexibility index (Phi) is 1.98. The monoisotopic (exact) mass is 242 g/mol. The summed E-state index contributed by atoms with van der Waals surface area (Å²) in [5.74, 6) is 0.274. The summed E-state index contributed by atoms with van der Waals surface area (Å²) in [5, 5.41) is 8.02. The van der Waals surface area contributed by atoms with Gasteiger partial charge in [0.15, 0.2) is 0 Å². The van der Waals surface area contributed by atoms with Gasteiger partial charge in [-0.25, -0.2) is 9.97 Å². The molecule has 2 aliphatic rings. The molecule has 0 amide bonds. The van der Waals surface area contributed by atoms with Gasteiger partial charge in [-0.05, 0) is 18.6 Å². The van der Waals surface area contributed by atoms with E-state index in [4.69, 9.17) is 11.1 Å². The van der Waals surface area contributed by atoms with Crippen LogP contribution in [0.15, 0.2) is 12.1 Å². The van der Waals surface area contributed by atoms with Crippen LogP contribution in [0.25, 0.3) is 22.4 Å². The van der Waals surface area contributed by atoms with E-state index in [9.17, 15) is 0 Å². The SMILES string of the molecule is Cc1ccc2c(c3nc(N)nc1-3)n(C)c(=N)n2C. The number of nitrogens with two attached hydrogens (primary N) is 1. The average Bonchev–Trinajstić information content (AvgIpc) is 2.76. The smallest absolute Gasteiger partial charge is 0.221 e. The molecule has 2 heterocycles. The molecule has 18 heavy (non-hydrogen) atoms. The Morgan fingerprint density at radius 1 is 1.11 bits per heavy atom. The van der Waals surface area contributed by atoms with Crippen LogP contribution in [0.3, 0.4) is 0 Å². The van der Waals surface area contributed by atoms with Gasteiger partial charge in [-0.2, -0.15) is 0 Å². The van der Waals surface area contributed by atoms with Crippen molar-refractivity contribution in [2.24, 2.45) is 14.1 Å². The third-order valence-electron chi connectivity index (χ3n) is 3.34. The van der Waals surface area contributed by atoms with E-state index in [0.29, 0.717) is 5.62 Å². The number of imidazole rings is 2. The van der Waals surface area contributed by atoms with Crippen molar-refractivity contribution in [1.29, 1.82) is 5.41 Å². The lowest BCUT2D eigenvalue weighted by Gasteiger charge is -1.96. The lowest BCUT2D eigenvalue weighted by atomic mass is 10.2. The number of hydrogen-bond donors (Lipinski definition) is 2. The average molecular weight is 242 g/mol. The van der Waals surface area contributed by atoms with Gasteiger partial charge in [0.25, 0.3) is 0 Å². The summed E-state index contributed by atoms with van der Waals surface area (Å²) in [7, 11) is 3.72. The highest BCUT2D eigenvalue weighted by Gasteiger charge is 2.18. The van der Waals surface area contributed by atoms with Crippen LogP contribution in [0.5, 0.6) is 0 Å². The molecule has 1 aliphatic heterocycles. The first kappa shape index (κ1) is 10.8. The highest BCUT2D eigenvalue weighted by atomic mass is 15.2. The Morgan fingerprint density at radius 2 is 1.78 bits per heavy atom. The molecule has 0 spiro atoms. The zero-order chi connectivity index (χ0) is 13.0. The first-order valence-corrected chi connectivity index (χ1v) is 5.63. The Morgan fingerprint density at radius 3 is 2.50 bits per heavy atom. The summed E-state index contributed by atoms with van der Waals surface area (Å²) < 4.78 is 3.62. The minimum absolute atomic E-state index is 0.274. The molecular weight excluding hydrogens is 228 g/mol. The fourth-order valence-corrected chi connectivity index (χ4v) is 2.33. The van der Waals surface area contributed by atoms with Gasteiger partial charge in [-0.3, -0.25) is 5.41 Å². The van der Waals surface area contributed by atoms with Crippen molar-refractivity contribution >= 4 is 17.0 Å². The first-order chi connectivity index (χ1) is 8.50. The topological polar surface area (TPSA) is 85.5 Å². The van der Waals surface area contributed by atoms with E-state index < -0.39 is 0 Å². The summed E-state index contributed by atoms with van der Waals surface area (Å²) in [6.45, 7) is 1.98. The summed E-state index contributed by atoms with van der Waals surface area (Å²) in [6, 6.07) is 3.97. The van der Waals surface area contributed by atoms with Crippen molar-refractivity contribution < 1.29 is 0 Å².